The maximum absolute atomic E-state index is 12.9. The molecule has 26 heavy (non-hydrogen) atoms. The molecule has 1 aromatic heterocycles. The van der Waals surface area contributed by atoms with Crippen molar-refractivity contribution >= 4 is 11.8 Å². The summed E-state index contributed by atoms with van der Waals surface area (Å²) in [6, 6.07) is 9.21. The maximum atomic E-state index is 12.9. The minimum absolute atomic E-state index is 0.0667. The molecule has 6 heteroatoms. The van der Waals surface area contributed by atoms with Gasteiger partial charge in [-0.2, -0.15) is 0 Å². The van der Waals surface area contributed by atoms with Crippen molar-refractivity contribution in [3.63, 3.8) is 0 Å². The molecule has 2 rings (SSSR count). The van der Waals surface area contributed by atoms with Crippen molar-refractivity contribution in [2.24, 2.45) is 0 Å². The topological polar surface area (TPSA) is 71.6 Å². The first kappa shape index (κ1) is 19.7. The highest BCUT2D eigenvalue weighted by molar-refractivity contribution is 6.03. The van der Waals surface area contributed by atoms with Crippen LogP contribution in [0.4, 0.5) is 0 Å². The van der Waals surface area contributed by atoms with Crippen LogP contribution in [0, 0.1) is 13.8 Å². The number of likely N-dealkylation sites (N-methyl/N-ethyl adjacent to an activating group) is 1. The first-order valence-electron chi connectivity index (χ1n) is 8.56. The second-order valence-corrected chi connectivity index (χ2v) is 6.30. The molecule has 1 atom stereocenters. The zero-order chi connectivity index (χ0) is 19.3. The Labute approximate surface area is 154 Å². The predicted molar refractivity (Wildman–Crippen MR) is 100.0 cm³/mol. The Kier molecular flexibility index (Phi) is 6.58. The number of para-hydroxylation sites is 1. The van der Waals surface area contributed by atoms with E-state index in [1.54, 1.807) is 13.8 Å². The van der Waals surface area contributed by atoms with Crippen molar-refractivity contribution in [3.05, 3.63) is 52.8 Å². The molecule has 0 unspecified atom stereocenters. The molecular weight excluding hydrogens is 332 g/mol. The molecule has 1 N–H and O–H groups in total. The van der Waals surface area contributed by atoms with Gasteiger partial charge in [-0.3, -0.25) is 9.69 Å². The van der Waals surface area contributed by atoms with E-state index in [9.17, 15) is 9.59 Å². The number of hydrogen-bond donors (Lipinski definition) is 1. The van der Waals surface area contributed by atoms with Crippen LogP contribution in [0.25, 0.3) is 0 Å². The quantitative estimate of drug-likeness (QED) is 0.580. The number of esters is 1. The summed E-state index contributed by atoms with van der Waals surface area (Å²) >= 11 is 0. The Bertz CT molecular complexity index is 768. The fourth-order valence-corrected chi connectivity index (χ4v) is 2.83. The third kappa shape index (κ3) is 4.32. The summed E-state index contributed by atoms with van der Waals surface area (Å²) in [5.41, 5.74) is 2.14. The zero-order valence-corrected chi connectivity index (χ0v) is 16.0. The number of aromatic amines is 1. The van der Waals surface area contributed by atoms with Crippen LogP contribution in [0.15, 0.2) is 30.3 Å². The first-order chi connectivity index (χ1) is 12.4. The molecule has 0 aliphatic rings. The number of aromatic nitrogens is 1. The predicted octanol–water partition coefficient (Wildman–Crippen LogP) is 3.00. The third-order valence-electron chi connectivity index (χ3n) is 4.57. The van der Waals surface area contributed by atoms with Gasteiger partial charge >= 0.3 is 5.97 Å². The van der Waals surface area contributed by atoms with Crippen LogP contribution in [0.3, 0.4) is 0 Å². The summed E-state index contributed by atoms with van der Waals surface area (Å²) in [5, 5.41) is 0. The van der Waals surface area contributed by atoms with Gasteiger partial charge in [0.2, 0.25) is 0 Å². The van der Waals surface area contributed by atoms with Gasteiger partial charge in [-0.15, -0.1) is 0 Å². The molecule has 0 aliphatic carbocycles. The van der Waals surface area contributed by atoms with E-state index in [2.05, 4.69) is 4.98 Å². The molecule has 0 fully saturated rings. The van der Waals surface area contributed by atoms with Crippen molar-refractivity contribution in [2.75, 3.05) is 27.3 Å². The number of aryl methyl sites for hydroxylation is 1. The number of hydrogen-bond acceptors (Lipinski definition) is 5. The molecule has 0 bridgehead atoms. The highest BCUT2D eigenvalue weighted by Crippen LogP contribution is 2.21. The first-order valence-corrected chi connectivity index (χ1v) is 8.56. The lowest BCUT2D eigenvalue weighted by atomic mass is 10.0. The molecule has 0 spiro atoms. The molecule has 0 amide bonds. The molecular formula is C20H26N2O4. The van der Waals surface area contributed by atoms with Crippen LogP contribution in [-0.4, -0.2) is 55.0 Å². The Balaban J connectivity index is 2.01. The molecule has 0 aliphatic heterocycles. The van der Waals surface area contributed by atoms with E-state index >= 15 is 0 Å². The summed E-state index contributed by atoms with van der Waals surface area (Å²) in [4.78, 5) is 29.7. The molecule has 0 saturated heterocycles. The number of benzene rings is 1. The third-order valence-corrected chi connectivity index (χ3v) is 4.57. The summed E-state index contributed by atoms with van der Waals surface area (Å²) in [5.74, 6) is 0.300. The lowest BCUT2D eigenvalue weighted by Gasteiger charge is -2.23. The van der Waals surface area contributed by atoms with Gasteiger partial charge in [0.1, 0.15) is 12.4 Å². The second-order valence-electron chi connectivity index (χ2n) is 6.30. The molecule has 0 radical (unpaired) electrons. The van der Waals surface area contributed by atoms with E-state index in [-0.39, 0.29) is 11.8 Å². The van der Waals surface area contributed by atoms with Crippen molar-refractivity contribution < 1.29 is 19.1 Å². The van der Waals surface area contributed by atoms with E-state index in [1.165, 1.54) is 7.11 Å². The summed E-state index contributed by atoms with van der Waals surface area (Å²) in [6.45, 7) is 6.45. The average Bonchev–Trinajstić information content (AvgIpc) is 2.94. The number of Topliss-reactive ketones (excluding diaryl/α,β-unsaturated/α-hetero) is 1. The largest absolute Gasteiger partial charge is 0.492 e. The van der Waals surface area contributed by atoms with Gasteiger partial charge in [-0.1, -0.05) is 18.2 Å². The molecule has 0 saturated carbocycles. The molecule has 2 aromatic rings. The van der Waals surface area contributed by atoms with Gasteiger partial charge in [0.25, 0.3) is 0 Å². The van der Waals surface area contributed by atoms with Gasteiger partial charge in [0.05, 0.1) is 24.4 Å². The SMILES string of the molecule is COC(=O)c1c(C)[nH]c(C(=O)[C@@H](C)N(C)CCOc2ccccc2)c1C. The fraction of sp³-hybridized carbons (Fsp3) is 0.400. The minimum Gasteiger partial charge on any atom is -0.492 e. The summed E-state index contributed by atoms with van der Waals surface area (Å²) < 4.78 is 10.5. The van der Waals surface area contributed by atoms with E-state index in [0.717, 1.165) is 5.75 Å². The standard InChI is InChI=1S/C20H26N2O4/c1-13-17(20(24)25-5)14(2)21-18(13)19(23)15(3)22(4)11-12-26-16-9-7-6-8-10-16/h6-10,15,21H,11-12H2,1-5H3/t15-/m1/s1. The van der Waals surface area contributed by atoms with Crippen molar-refractivity contribution in [2.45, 2.75) is 26.8 Å². The number of carbonyl (C=O) groups excluding carboxylic acids is 2. The van der Waals surface area contributed by atoms with Gasteiger partial charge in [-0.05, 0) is 45.5 Å². The van der Waals surface area contributed by atoms with E-state index in [0.29, 0.717) is 35.7 Å². The Hall–Kier alpha value is -2.60. The smallest absolute Gasteiger partial charge is 0.339 e. The molecule has 1 aromatic carbocycles. The van der Waals surface area contributed by atoms with Gasteiger partial charge in [0, 0.05) is 12.2 Å². The number of ether oxygens (including phenoxy) is 2. The monoisotopic (exact) mass is 358 g/mol. The molecule has 6 nitrogen and oxygen atoms in total. The molecule has 1 heterocycles. The number of rotatable bonds is 8. The number of nitrogens with one attached hydrogen (secondary N) is 1. The van der Waals surface area contributed by atoms with E-state index in [1.807, 2.05) is 49.2 Å². The normalized spacial score (nSPS) is 12.1. The van der Waals surface area contributed by atoms with E-state index < -0.39 is 5.97 Å². The Morgan fingerprint density at radius 3 is 2.46 bits per heavy atom. The molecule has 140 valence electrons. The van der Waals surface area contributed by atoms with Crippen molar-refractivity contribution in [1.82, 2.24) is 9.88 Å². The van der Waals surface area contributed by atoms with Crippen LogP contribution >= 0.6 is 0 Å². The van der Waals surface area contributed by atoms with Gasteiger partial charge in [0.15, 0.2) is 5.78 Å². The number of ketones is 1. The number of H-pyrrole nitrogens is 1. The van der Waals surface area contributed by atoms with Gasteiger partial charge < -0.3 is 14.5 Å². The van der Waals surface area contributed by atoms with Crippen LogP contribution < -0.4 is 4.74 Å². The van der Waals surface area contributed by atoms with Crippen LogP contribution in [0.5, 0.6) is 5.75 Å². The minimum atomic E-state index is -0.437. The van der Waals surface area contributed by atoms with Gasteiger partial charge in [-0.25, -0.2) is 4.79 Å². The number of nitrogens with zero attached hydrogens (tertiary/aromatic N) is 1. The Morgan fingerprint density at radius 2 is 1.85 bits per heavy atom. The highest BCUT2D eigenvalue weighted by atomic mass is 16.5. The van der Waals surface area contributed by atoms with E-state index in [4.69, 9.17) is 9.47 Å². The zero-order valence-electron chi connectivity index (χ0n) is 16.0. The maximum Gasteiger partial charge on any atom is 0.339 e. The van der Waals surface area contributed by atoms with Crippen molar-refractivity contribution in [1.29, 1.82) is 0 Å². The fourth-order valence-electron chi connectivity index (χ4n) is 2.83. The van der Waals surface area contributed by atoms with Crippen LogP contribution in [-0.2, 0) is 4.74 Å². The second kappa shape index (κ2) is 8.67. The lowest BCUT2D eigenvalue weighted by Crippen LogP contribution is -2.38. The van der Waals surface area contributed by atoms with Crippen molar-refractivity contribution in [3.8, 4) is 5.75 Å². The average molecular weight is 358 g/mol. The lowest BCUT2D eigenvalue weighted by molar-refractivity contribution is 0.0599. The summed E-state index contributed by atoms with van der Waals surface area (Å²) in [6.07, 6.45) is 0. The van der Waals surface area contributed by atoms with Crippen LogP contribution in [0.2, 0.25) is 0 Å². The summed E-state index contributed by atoms with van der Waals surface area (Å²) in [7, 11) is 3.21. The Morgan fingerprint density at radius 1 is 1.19 bits per heavy atom. The highest BCUT2D eigenvalue weighted by Gasteiger charge is 2.27. The number of methoxy groups -OCH3 is 1. The number of carbonyl (C=O) groups is 2. The van der Waals surface area contributed by atoms with Crippen LogP contribution in [0.1, 0.15) is 39.0 Å².